The van der Waals surface area contributed by atoms with Crippen LogP contribution in [0.4, 0.5) is 5.69 Å². The Hall–Kier alpha value is -1.71. The van der Waals surface area contributed by atoms with E-state index < -0.39 is 0 Å². The van der Waals surface area contributed by atoms with Crippen molar-refractivity contribution in [2.45, 2.75) is 0 Å². The van der Waals surface area contributed by atoms with E-state index in [0.717, 1.165) is 11.4 Å². The maximum Gasteiger partial charge on any atom is 0.195 e. The quantitative estimate of drug-likeness (QED) is 0.564. The second-order valence-electron chi connectivity index (χ2n) is 2.81. The highest BCUT2D eigenvalue weighted by Gasteiger charge is 2.08. The summed E-state index contributed by atoms with van der Waals surface area (Å²) in [7, 11) is 5.13. The molecule has 2 N–H and O–H groups in total. The lowest BCUT2D eigenvalue weighted by molar-refractivity contribution is 0.416. The zero-order valence-electron chi connectivity index (χ0n) is 8.69. The molecular weight excluding hydrogens is 178 g/mol. The van der Waals surface area contributed by atoms with Crippen LogP contribution in [0.1, 0.15) is 0 Å². The molecule has 0 aliphatic carbocycles. The van der Waals surface area contributed by atoms with E-state index in [9.17, 15) is 0 Å². The number of hydrogen-bond donors (Lipinski definition) is 1. The van der Waals surface area contributed by atoms with Crippen LogP contribution in [0.2, 0.25) is 0 Å². The minimum atomic E-state index is 0.453. The molecule has 0 atom stereocenters. The molecule has 0 bridgehead atoms. The predicted molar refractivity (Wildman–Crippen MR) is 58.9 cm³/mol. The van der Waals surface area contributed by atoms with Gasteiger partial charge in [-0.3, -0.25) is 4.99 Å². The van der Waals surface area contributed by atoms with Crippen LogP contribution < -0.4 is 15.4 Å². The van der Waals surface area contributed by atoms with Gasteiger partial charge in [0, 0.05) is 14.1 Å². The first-order chi connectivity index (χ1) is 6.70. The Kier molecular flexibility index (Phi) is 3.34. The van der Waals surface area contributed by atoms with Crippen LogP contribution >= 0.6 is 0 Å². The van der Waals surface area contributed by atoms with Crippen LogP contribution in [0.3, 0.4) is 0 Å². The smallest absolute Gasteiger partial charge is 0.195 e. The Morgan fingerprint density at radius 3 is 2.64 bits per heavy atom. The van der Waals surface area contributed by atoms with Crippen LogP contribution in [0.25, 0.3) is 0 Å². The van der Waals surface area contributed by atoms with Crippen molar-refractivity contribution < 1.29 is 4.74 Å². The van der Waals surface area contributed by atoms with Crippen LogP contribution in [-0.2, 0) is 0 Å². The standard InChI is InChI=1S/C10H15N3O/c1-12-10(11)13(2)8-6-4-5-7-9(8)14-3/h4-7H,1-3H3,(H2,11,12). The summed E-state index contributed by atoms with van der Waals surface area (Å²) < 4.78 is 5.21. The normalized spacial score (nSPS) is 11.2. The molecule has 1 aromatic rings. The molecule has 0 unspecified atom stereocenters. The van der Waals surface area contributed by atoms with Crippen molar-refractivity contribution in [1.29, 1.82) is 0 Å². The zero-order valence-corrected chi connectivity index (χ0v) is 8.69. The van der Waals surface area contributed by atoms with Crippen LogP contribution in [0.15, 0.2) is 29.3 Å². The van der Waals surface area contributed by atoms with E-state index in [2.05, 4.69) is 4.99 Å². The van der Waals surface area contributed by atoms with Gasteiger partial charge in [-0.05, 0) is 12.1 Å². The highest BCUT2D eigenvalue weighted by molar-refractivity contribution is 5.95. The highest BCUT2D eigenvalue weighted by atomic mass is 16.5. The Morgan fingerprint density at radius 1 is 1.43 bits per heavy atom. The second-order valence-corrected chi connectivity index (χ2v) is 2.81. The first-order valence-corrected chi connectivity index (χ1v) is 4.29. The molecule has 1 rings (SSSR count). The van der Waals surface area contributed by atoms with Gasteiger partial charge < -0.3 is 15.4 Å². The van der Waals surface area contributed by atoms with Crippen LogP contribution in [0.5, 0.6) is 5.75 Å². The van der Waals surface area contributed by atoms with Crippen molar-refractivity contribution in [2.24, 2.45) is 10.7 Å². The maximum atomic E-state index is 5.69. The third-order valence-electron chi connectivity index (χ3n) is 2.02. The summed E-state index contributed by atoms with van der Waals surface area (Å²) in [5.41, 5.74) is 6.59. The number of nitrogens with two attached hydrogens (primary N) is 1. The molecule has 14 heavy (non-hydrogen) atoms. The molecule has 0 aliphatic rings. The average molecular weight is 193 g/mol. The highest BCUT2D eigenvalue weighted by Crippen LogP contribution is 2.26. The maximum absolute atomic E-state index is 5.69. The number of nitrogens with zero attached hydrogens (tertiary/aromatic N) is 2. The molecule has 0 fully saturated rings. The van der Waals surface area contributed by atoms with Crippen molar-refractivity contribution in [1.82, 2.24) is 0 Å². The lowest BCUT2D eigenvalue weighted by Crippen LogP contribution is -2.33. The summed E-state index contributed by atoms with van der Waals surface area (Å²) >= 11 is 0. The third-order valence-corrected chi connectivity index (χ3v) is 2.02. The van der Waals surface area contributed by atoms with Gasteiger partial charge >= 0.3 is 0 Å². The van der Waals surface area contributed by atoms with E-state index in [1.54, 1.807) is 19.1 Å². The van der Waals surface area contributed by atoms with E-state index in [-0.39, 0.29) is 0 Å². The third kappa shape index (κ3) is 1.96. The first kappa shape index (κ1) is 10.4. The summed E-state index contributed by atoms with van der Waals surface area (Å²) in [5, 5.41) is 0. The van der Waals surface area contributed by atoms with Crippen molar-refractivity contribution in [3.8, 4) is 5.75 Å². The second kappa shape index (κ2) is 4.50. The summed E-state index contributed by atoms with van der Waals surface area (Å²) in [6, 6.07) is 7.65. The van der Waals surface area contributed by atoms with Gasteiger partial charge in [0.15, 0.2) is 5.96 Å². The van der Waals surface area contributed by atoms with Crippen LogP contribution in [0, 0.1) is 0 Å². The summed E-state index contributed by atoms with van der Waals surface area (Å²) in [4.78, 5) is 5.68. The molecule has 0 spiro atoms. The van der Waals surface area contributed by atoms with Gasteiger partial charge in [0.2, 0.25) is 0 Å². The Bertz CT molecular complexity index is 336. The lowest BCUT2D eigenvalue weighted by Gasteiger charge is -2.20. The zero-order chi connectivity index (χ0) is 10.6. The Balaban J connectivity index is 3.05. The summed E-state index contributed by atoms with van der Waals surface area (Å²) in [5.74, 6) is 1.23. The average Bonchev–Trinajstić information content (AvgIpc) is 2.26. The minimum absolute atomic E-state index is 0.453. The number of para-hydroxylation sites is 2. The first-order valence-electron chi connectivity index (χ1n) is 4.29. The predicted octanol–water partition coefficient (Wildman–Crippen LogP) is 1.08. The summed E-state index contributed by atoms with van der Waals surface area (Å²) in [6.07, 6.45) is 0. The summed E-state index contributed by atoms with van der Waals surface area (Å²) in [6.45, 7) is 0. The van der Waals surface area contributed by atoms with Crippen LogP contribution in [-0.4, -0.2) is 27.2 Å². The fourth-order valence-corrected chi connectivity index (χ4v) is 1.18. The number of aliphatic imine (C=N–C) groups is 1. The molecule has 0 amide bonds. The number of benzene rings is 1. The molecular formula is C10H15N3O. The number of ether oxygens (including phenoxy) is 1. The largest absolute Gasteiger partial charge is 0.495 e. The van der Waals surface area contributed by atoms with Gasteiger partial charge in [-0.2, -0.15) is 0 Å². The molecule has 0 aliphatic heterocycles. The molecule has 4 heteroatoms. The monoisotopic (exact) mass is 193 g/mol. The van der Waals surface area contributed by atoms with E-state index in [1.807, 2.05) is 31.3 Å². The number of methoxy groups -OCH3 is 1. The molecule has 1 aromatic carbocycles. The SMILES string of the molecule is CN=C(N)N(C)c1ccccc1OC. The van der Waals surface area contributed by atoms with Crippen molar-refractivity contribution in [3.05, 3.63) is 24.3 Å². The fourth-order valence-electron chi connectivity index (χ4n) is 1.18. The van der Waals surface area contributed by atoms with Gasteiger partial charge in [0.05, 0.1) is 12.8 Å². The molecule has 0 heterocycles. The van der Waals surface area contributed by atoms with Gasteiger partial charge in [-0.1, -0.05) is 12.1 Å². The van der Waals surface area contributed by atoms with E-state index in [4.69, 9.17) is 10.5 Å². The van der Waals surface area contributed by atoms with E-state index in [0.29, 0.717) is 5.96 Å². The molecule has 0 saturated carbocycles. The van der Waals surface area contributed by atoms with E-state index in [1.165, 1.54) is 0 Å². The van der Waals surface area contributed by atoms with Crippen molar-refractivity contribution in [2.75, 3.05) is 26.1 Å². The van der Waals surface area contributed by atoms with Gasteiger partial charge in [-0.25, -0.2) is 0 Å². The fraction of sp³-hybridized carbons (Fsp3) is 0.300. The topological polar surface area (TPSA) is 50.8 Å². The van der Waals surface area contributed by atoms with Gasteiger partial charge in [0.25, 0.3) is 0 Å². The van der Waals surface area contributed by atoms with Gasteiger partial charge in [0.1, 0.15) is 5.75 Å². The lowest BCUT2D eigenvalue weighted by atomic mass is 10.3. The number of anilines is 1. The van der Waals surface area contributed by atoms with Crippen molar-refractivity contribution in [3.63, 3.8) is 0 Å². The molecule has 0 aromatic heterocycles. The number of hydrogen-bond acceptors (Lipinski definition) is 2. The molecule has 76 valence electrons. The number of guanidine groups is 1. The Labute approximate surface area is 84.0 Å². The van der Waals surface area contributed by atoms with Crippen molar-refractivity contribution >= 4 is 11.6 Å². The van der Waals surface area contributed by atoms with E-state index >= 15 is 0 Å². The minimum Gasteiger partial charge on any atom is -0.495 e. The number of rotatable bonds is 2. The molecule has 0 saturated heterocycles. The molecule has 0 radical (unpaired) electrons. The Morgan fingerprint density at radius 2 is 2.07 bits per heavy atom. The van der Waals surface area contributed by atoms with Gasteiger partial charge in [-0.15, -0.1) is 0 Å². The molecule has 4 nitrogen and oxygen atoms in total.